The first kappa shape index (κ1) is 14.0. The predicted molar refractivity (Wildman–Crippen MR) is 78.2 cm³/mol. The van der Waals surface area contributed by atoms with Gasteiger partial charge in [-0.15, -0.1) is 0 Å². The third-order valence-corrected chi connectivity index (χ3v) is 4.35. The Morgan fingerprint density at radius 3 is 2.26 bits per heavy atom. The Morgan fingerprint density at radius 2 is 1.79 bits per heavy atom. The average molecular weight is 296 g/mol. The molecule has 0 saturated carbocycles. The molecular weight excluding hydrogens is 280 g/mol. The number of H-pyrrole nitrogens is 1. The van der Waals surface area contributed by atoms with E-state index in [4.69, 9.17) is 12.2 Å². The fraction of sp³-hybridized carbons (Fsp3) is 0.308. The summed E-state index contributed by atoms with van der Waals surface area (Å²) in [6.07, 6.45) is 3.08. The molecule has 0 spiro atoms. The van der Waals surface area contributed by atoms with Gasteiger partial charge in [0.2, 0.25) is 0 Å². The zero-order chi connectivity index (χ0) is 14.2. The van der Waals surface area contributed by atoms with Crippen molar-refractivity contribution >= 4 is 22.1 Å². The molecule has 2 aromatic rings. The van der Waals surface area contributed by atoms with Crippen molar-refractivity contribution < 1.29 is 8.42 Å². The van der Waals surface area contributed by atoms with Crippen molar-refractivity contribution in [1.82, 2.24) is 9.55 Å². The summed E-state index contributed by atoms with van der Waals surface area (Å²) in [6.45, 7) is 4.17. The zero-order valence-electron chi connectivity index (χ0n) is 11.0. The maximum Gasteiger partial charge on any atom is 0.182 e. The van der Waals surface area contributed by atoms with Crippen molar-refractivity contribution in [3.05, 3.63) is 40.9 Å². The van der Waals surface area contributed by atoms with Crippen molar-refractivity contribution in [3.8, 4) is 5.69 Å². The van der Waals surface area contributed by atoms with Gasteiger partial charge in [0.25, 0.3) is 0 Å². The minimum absolute atomic E-state index is 0.310. The van der Waals surface area contributed by atoms with E-state index in [2.05, 4.69) is 18.8 Å². The molecule has 102 valence electrons. The smallest absolute Gasteiger partial charge is 0.182 e. The van der Waals surface area contributed by atoms with Crippen LogP contribution in [0.25, 0.3) is 5.69 Å². The molecule has 0 aliphatic rings. The molecule has 0 aliphatic heterocycles. The molecule has 0 saturated heterocycles. The second-order valence-electron chi connectivity index (χ2n) is 4.77. The second kappa shape index (κ2) is 4.94. The topological polar surface area (TPSA) is 54.9 Å². The third-order valence-electron chi connectivity index (χ3n) is 2.92. The summed E-state index contributed by atoms with van der Waals surface area (Å²) in [7, 11) is -3.17. The van der Waals surface area contributed by atoms with Crippen molar-refractivity contribution in [2.75, 3.05) is 6.26 Å². The highest BCUT2D eigenvalue weighted by Crippen LogP contribution is 2.21. The summed E-state index contributed by atoms with van der Waals surface area (Å²) >= 11 is 5.27. The van der Waals surface area contributed by atoms with Gasteiger partial charge >= 0.3 is 0 Å². The fourth-order valence-electron chi connectivity index (χ4n) is 1.92. The van der Waals surface area contributed by atoms with Gasteiger partial charge in [-0.25, -0.2) is 8.42 Å². The van der Waals surface area contributed by atoms with Crippen LogP contribution in [-0.2, 0) is 9.84 Å². The largest absolute Gasteiger partial charge is 0.337 e. The Kier molecular flexibility index (Phi) is 3.64. The van der Waals surface area contributed by atoms with Crippen LogP contribution in [0.15, 0.2) is 35.4 Å². The van der Waals surface area contributed by atoms with Crippen LogP contribution in [0.1, 0.15) is 25.5 Å². The fourth-order valence-corrected chi connectivity index (χ4v) is 2.82. The van der Waals surface area contributed by atoms with E-state index in [1.54, 1.807) is 24.3 Å². The van der Waals surface area contributed by atoms with Crippen LogP contribution >= 0.6 is 12.2 Å². The molecule has 0 atom stereocenters. The molecule has 4 nitrogen and oxygen atoms in total. The number of sulfone groups is 1. The summed E-state index contributed by atoms with van der Waals surface area (Å²) in [5.41, 5.74) is 1.93. The van der Waals surface area contributed by atoms with Gasteiger partial charge in [-0.05, 0) is 42.4 Å². The molecule has 0 unspecified atom stereocenters. The Labute approximate surface area is 118 Å². The summed E-state index contributed by atoms with van der Waals surface area (Å²) in [4.78, 5) is 3.33. The lowest BCUT2D eigenvalue weighted by molar-refractivity contribution is 0.602. The number of hydrogen-bond donors (Lipinski definition) is 1. The molecule has 0 bridgehead atoms. The van der Waals surface area contributed by atoms with Gasteiger partial charge in [0, 0.05) is 23.8 Å². The quantitative estimate of drug-likeness (QED) is 0.886. The number of hydrogen-bond acceptors (Lipinski definition) is 3. The normalized spacial score (nSPS) is 12.0. The number of nitrogens with zero attached hydrogens (tertiary/aromatic N) is 1. The molecule has 6 heteroatoms. The maximum absolute atomic E-state index is 11.4. The Hall–Kier alpha value is -1.40. The molecule has 0 fully saturated rings. The van der Waals surface area contributed by atoms with Crippen LogP contribution < -0.4 is 0 Å². The minimum Gasteiger partial charge on any atom is -0.337 e. The van der Waals surface area contributed by atoms with Crippen LogP contribution in [0.5, 0.6) is 0 Å². The summed E-state index contributed by atoms with van der Waals surface area (Å²) in [6, 6.07) is 6.74. The lowest BCUT2D eigenvalue weighted by Gasteiger charge is -2.11. The molecule has 0 amide bonds. The van der Waals surface area contributed by atoms with Gasteiger partial charge in [0.1, 0.15) is 0 Å². The van der Waals surface area contributed by atoms with Crippen LogP contribution in [-0.4, -0.2) is 24.2 Å². The van der Waals surface area contributed by atoms with Gasteiger partial charge in [0.05, 0.1) is 4.90 Å². The van der Waals surface area contributed by atoms with Gasteiger partial charge in [-0.1, -0.05) is 13.8 Å². The summed E-state index contributed by atoms with van der Waals surface area (Å²) in [5, 5.41) is 0. The zero-order valence-corrected chi connectivity index (χ0v) is 12.7. The molecule has 0 radical (unpaired) electrons. The van der Waals surface area contributed by atoms with Gasteiger partial charge in [0.15, 0.2) is 14.6 Å². The van der Waals surface area contributed by atoms with E-state index >= 15 is 0 Å². The standard InChI is InChI=1S/C13H16N2O2S2/c1-9(2)12-8-14-13(18)15(12)10-4-6-11(7-5-10)19(3,16)17/h4-9H,1-3H3,(H,14,18). The van der Waals surface area contributed by atoms with Crippen molar-refractivity contribution in [2.45, 2.75) is 24.7 Å². The Morgan fingerprint density at radius 1 is 1.21 bits per heavy atom. The van der Waals surface area contributed by atoms with Crippen molar-refractivity contribution in [3.63, 3.8) is 0 Å². The van der Waals surface area contributed by atoms with Gasteiger partial charge < -0.3 is 4.98 Å². The first-order valence-corrected chi connectivity index (χ1v) is 8.21. The van der Waals surface area contributed by atoms with Crippen LogP contribution in [0.2, 0.25) is 0 Å². The molecule has 1 N–H and O–H groups in total. The second-order valence-corrected chi connectivity index (χ2v) is 7.18. The highest BCUT2D eigenvalue weighted by atomic mass is 32.2. The number of nitrogens with one attached hydrogen (secondary N) is 1. The number of aromatic amines is 1. The molecule has 1 heterocycles. The molecule has 1 aromatic carbocycles. The predicted octanol–water partition coefficient (Wildman–Crippen LogP) is 3.06. The third kappa shape index (κ3) is 2.79. The lowest BCUT2D eigenvalue weighted by Crippen LogP contribution is -2.03. The molecule has 0 aliphatic carbocycles. The molecule has 1 aromatic heterocycles. The molecular formula is C13H16N2O2S2. The molecule has 19 heavy (non-hydrogen) atoms. The highest BCUT2D eigenvalue weighted by Gasteiger charge is 2.11. The number of rotatable bonds is 3. The Bertz CT molecular complexity index is 738. The minimum atomic E-state index is -3.17. The molecule has 2 rings (SSSR count). The van der Waals surface area contributed by atoms with Crippen molar-refractivity contribution in [2.24, 2.45) is 0 Å². The number of aromatic nitrogens is 2. The van der Waals surface area contributed by atoms with E-state index in [1.807, 2.05) is 10.8 Å². The lowest BCUT2D eigenvalue weighted by atomic mass is 10.1. The maximum atomic E-state index is 11.4. The van der Waals surface area contributed by atoms with E-state index in [0.29, 0.717) is 15.6 Å². The van der Waals surface area contributed by atoms with Crippen molar-refractivity contribution in [1.29, 1.82) is 0 Å². The SMILES string of the molecule is CC(C)c1c[nH]c(=S)n1-c1ccc(S(C)(=O)=O)cc1. The highest BCUT2D eigenvalue weighted by molar-refractivity contribution is 7.90. The average Bonchev–Trinajstić information content (AvgIpc) is 2.70. The summed E-state index contributed by atoms with van der Waals surface area (Å²) < 4.78 is 25.4. The van der Waals surface area contributed by atoms with E-state index in [9.17, 15) is 8.42 Å². The monoisotopic (exact) mass is 296 g/mol. The van der Waals surface area contributed by atoms with E-state index < -0.39 is 9.84 Å². The number of benzene rings is 1. The first-order chi connectivity index (χ1) is 8.80. The Balaban J connectivity index is 2.55. The summed E-state index contributed by atoms with van der Waals surface area (Å²) in [5.74, 6) is 0.322. The van der Waals surface area contributed by atoms with Gasteiger partial charge in [-0.2, -0.15) is 0 Å². The van der Waals surface area contributed by atoms with Gasteiger partial charge in [-0.3, -0.25) is 4.57 Å². The van der Waals surface area contributed by atoms with Crippen LogP contribution in [0.3, 0.4) is 0 Å². The van der Waals surface area contributed by atoms with E-state index in [-0.39, 0.29) is 0 Å². The van der Waals surface area contributed by atoms with Crippen LogP contribution in [0, 0.1) is 4.77 Å². The van der Waals surface area contributed by atoms with E-state index in [0.717, 1.165) is 11.4 Å². The van der Waals surface area contributed by atoms with Crippen LogP contribution in [0.4, 0.5) is 0 Å². The first-order valence-electron chi connectivity index (χ1n) is 5.91. The number of imidazole rings is 1. The van der Waals surface area contributed by atoms with E-state index in [1.165, 1.54) is 6.26 Å².